The van der Waals surface area contributed by atoms with Crippen molar-refractivity contribution in [3.05, 3.63) is 35.6 Å². The zero-order chi connectivity index (χ0) is 16.1. The van der Waals surface area contributed by atoms with Gasteiger partial charge in [0.25, 0.3) is 0 Å². The molecule has 120 valence electrons. The van der Waals surface area contributed by atoms with E-state index < -0.39 is 6.10 Å². The van der Waals surface area contributed by atoms with Crippen molar-refractivity contribution >= 4 is 11.8 Å². The van der Waals surface area contributed by atoms with Gasteiger partial charge in [-0.2, -0.15) is 0 Å². The first-order valence-corrected chi connectivity index (χ1v) is 7.40. The van der Waals surface area contributed by atoms with Gasteiger partial charge in [-0.1, -0.05) is 12.1 Å². The molecule has 1 aliphatic rings. The predicted molar refractivity (Wildman–Crippen MR) is 79.5 cm³/mol. The normalized spacial score (nSPS) is 21.5. The van der Waals surface area contributed by atoms with E-state index in [4.69, 9.17) is 0 Å². The van der Waals surface area contributed by atoms with Gasteiger partial charge in [0.1, 0.15) is 5.82 Å². The van der Waals surface area contributed by atoms with E-state index in [2.05, 4.69) is 5.32 Å². The number of benzene rings is 1. The minimum absolute atomic E-state index is 0.0296. The van der Waals surface area contributed by atoms with Gasteiger partial charge in [0, 0.05) is 25.9 Å². The fraction of sp³-hybridized carbons (Fsp3) is 0.500. The molecule has 1 aromatic rings. The molecule has 2 N–H and O–H groups in total. The molecule has 1 saturated heterocycles. The number of amides is 2. The van der Waals surface area contributed by atoms with Gasteiger partial charge in [-0.05, 0) is 30.5 Å². The lowest BCUT2D eigenvalue weighted by Gasteiger charge is -2.36. The molecule has 0 aliphatic carbocycles. The second-order valence-electron chi connectivity index (χ2n) is 5.70. The third-order valence-electron chi connectivity index (χ3n) is 3.92. The van der Waals surface area contributed by atoms with Gasteiger partial charge in [0.15, 0.2) is 0 Å². The summed E-state index contributed by atoms with van der Waals surface area (Å²) in [5, 5.41) is 12.6. The van der Waals surface area contributed by atoms with Crippen LogP contribution >= 0.6 is 0 Å². The van der Waals surface area contributed by atoms with Crippen LogP contribution in [0.5, 0.6) is 0 Å². The van der Waals surface area contributed by atoms with Gasteiger partial charge in [-0.15, -0.1) is 0 Å². The quantitative estimate of drug-likeness (QED) is 0.861. The number of likely N-dealkylation sites (tertiary alicyclic amines) is 1. The third-order valence-corrected chi connectivity index (χ3v) is 3.92. The number of aliphatic hydroxyl groups excluding tert-OH is 1. The van der Waals surface area contributed by atoms with Crippen LogP contribution in [-0.2, 0) is 16.0 Å². The molecule has 0 saturated carbocycles. The molecule has 1 aromatic carbocycles. The Kier molecular flexibility index (Phi) is 5.49. The predicted octanol–water partition coefficient (Wildman–Crippen LogP) is 0.714. The van der Waals surface area contributed by atoms with Crippen molar-refractivity contribution < 1.29 is 19.1 Å². The average molecular weight is 308 g/mol. The molecule has 2 amide bonds. The highest BCUT2D eigenvalue weighted by molar-refractivity contribution is 5.83. The highest BCUT2D eigenvalue weighted by Crippen LogP contribution is 2.22. The number of aliphatic hydroxyl groups is 1. The summed E-state index contributed by atoms with van der Waals surface area (Å²) < 4.78 is 13.2. The Morgan fingerprint density at radius 3 is 2.91 bits per heavy atom. The van der Waals surface area contributed by atoms with Crippen molar-refractivity contribution in [3.63, 3.8) is 0 Å². The molecule has 2 atom stereocenters. The highest BCUT2D eigenvalue weighted by Gasteiger charge is 2.30. The fourth-order valence-electron chi connectivity index (χ4n) is 2.73. The fourth-order valence-corrected chi connectivity index (χ4v) is 2.73. The van der Waals surface area contributed by atoms with E-state index in [0.29, 0.717) is 25.9 Å². The van der Waals surface area contributed by atoms with E-state index in [1.807, 2.05) is 6.07 Å². The number of rotatable bonds is 4. The van der Waals surface area contributed by atoms with E-state index in [1.54, 1.807) is 11.0 Å². The lowest BCUT2D eigenvalue weighted by Crippen LogP contribution is -2.49. The Hall–Kier alpha value is -1.95. The number of halogens is 1. The first-order chi connectivity index (χ1) is 10.5. The molecular formula is C16H21FN2O3. The standard InChI is InChI=1S/C16H21FN2O3/c1-11(20)18-9-16(22)19-6-5-15(21)13(10-19)7-12-3-2-4-14(17)8-12/h2-4,8,13,15,21H,5-7,9-10H2,1H3,(H,18,20)/t13-,15+/m1/s1. The molecular weight excluding hydrogens is 287 g/mol. The first-order valence-electron chi connectivity index (χ1n) is 7.40. The first kappa shape index (κ1) is 16.4. The Labute approximate surface area is 129 Å². The lowest BCUT2D eigenvalue weighted by atomic mass is 9.88. The van der Waals surface area contributed by atoms with Gasteiger partial charge in [-0.25, -0.2) is 4.39 Å². The second kappa shape index (κ2) is 7.35. The van der Waals surface area contributed by atoms with Crippen molar-refractivity contribution in [2.75, 3.05) is 19.6 Å². The van der Waals surface area contributed by atoms with Crippen LogP contribution in [0.4, 0.5) is 4.39 Å². The van der Waals surface area contributed by atoms with Crippen LogP contribution < -0.4 is 5.32 Å². The zero-order valence-electron chi connectivity index (χ0n) is 12.6. The van der Waals surface area contributed by atoms with E-state index in [0.717, 1.165) is 5.56 Å². The molecule has 22 heavy (non-hydrogen) atoms. The Morgan fingerprint density at radius 2 is 2.23 bits per heavy atom. The third kappa shape index (κ3) is 4.53. The van der Waals surface area contributed by atoms with Crippen molar-refractivity contribution in [1.29, 1.82) is 0 Å². The Balaban J connectivity index is 1.96. The molecule has 0 unspecified atom stereocenters. The molecule has 0 radical (unpaired) electrons. The topological polar surface area (TPSA) is 69.6 Å². The number of hydrogen-bond acceptors (Lipinski definition) is 3. The van der Waals surface area contributed by atoms with E-state index in [9.17, 15) is 19.1 Å². The van der Waals surface area contributed by atoms with Crippen LogP contribution in [0.3, 0.4) is 0 Å². The van der Waals surface area contributed by atoms with Crippen molar-refractivity contribution in [2.24, 2.45) is 5.92 Å². The summed E-state index contributed by atoms with van der Waals surface area (Å²) in [5.74, 6) is -0.841. The summed E-state index contributed by atoms with van der Waals surface area (Å²) in [7, 11) is 0. The van der Waals surface area contributed by atoms with Gasteiger partial charge >= 0.3 is 0 Å². The maximum atomic E-state index is 13.2. The van der Waals surface area contributed by atoms with Crippen LogP contribution in [0.1, 0.15) is 18.9 Å². The minimum Gasteiger partial charge on any atom is -0.393 e. The second-order valence-corrected chi connectivity index (χ2v) is 5.70. The van der Waals surface area contributed by atoms with Crippen LogP contribution in [0, 0.1) is 11.7 Å². The Morgan fingerprint density at radius 1 is 1.45 bits per heavy atom. The molecule has 0 spiro atoms. The van der Waals surface area contributed by atoms with Crippen molar-refractivity contribution in [1.82, 2.24) is 10.2 Å². The van der Waals surface area contributed by atoms with Gasteiger partial charge in [0.05, 0.1) is 12.6 Å². The summed E-state index contributed by atoms with van der Waals surface area (Å²) in [6, 6.07) is 6.28. The summed E-state index contributed by atoms with van der Waals surface area (Å²) in [4.78, 5) is 24.5. The molecule has 1 heterocycles. The smallest absolute Gasteiger partial charge is 0.241 e. The molecule has 2 rings (SSSR count). The maximum absolute atomic E-state index is 13.2. The van der Waals surface area contributed by atoms with Crippen molar-refractivity contribution in [3.8, 4) is 0 Å². The largest absolute Gasteiger partial charge is 0.393 e. The lowest BCUT2D eigenvalue weighted by molar-refractivity contribution is -0.135. The van der Waals surface area contributed by atoms with Crippen LogP contribution in [0.15, 0.2) is 24.3 Å². The molecule has 5 nitrogen and oxygen atoms in total. The molecule has 6 heteroatoms. The number of carbonyl (C=O) groups is 2. The van der Waals surface area contributed by atoms with E-state index in [-0.39, 0.29) is 30.1 Å². The zero-order valence-corrected chi connectivity index (χ0v) is 12.6. The molecule has 0 bridgehead atoms. The number of nitrogens with one attached hydrogen (secondary N) is 1. The average Bonchev–Trinajstić information content (AvgIpc) is 2.47. The molecule has 1 fully saturated rings. The van der Waals surface area contributed by atoms with Crippen LogP contribution in [-0.4, -0.2) is 47.6 Å². The summed E-state index contributed by atoms with van der Waals surface area (Å²) >= 11 is 0. The summed E-state index contributed by atoms with van der Waals surface area (Å²) in [5.41, 5.74) is 0.806. The van der Waals surface area contributed by atoms with Crippen LogP contribution in [0.25, 0.3) is 0 Å². The van der Waals surface area contributed by atoms with Gasteiger partial charge < -0.3 is 15.3 Å². The molecule has 1 aliphatic heterocycles. The number of piperidine rings is 1. The van der Waals surface area contributed by atoms with Gasteiger partial charge in [0.2, 0.25) is 11.8 Å². The number of nitrogens with zero attached hydrogens (tertiary/aromatic N) is 1. The van der Waals surface area contributed by atoms with E-state index >= 15 is 0 Å². The minimum atomic E-state index is -0.506. The summed E-state index contributed by atoms with van der Waals surface area (Å²) in [6.45, 7) is 2.22. The maximum Gasteiger partial charge on any atom is 0.241 e. The SMILES string of the molecule is CC(=O)NCC(=O)N1CC[C@H](O)[C@H](Cc2cccc(F)c2)C1. The highest BCUT2D eigenvalue weighted by atomic mass is 19.1. The number of hydrogen-bond donors (Lipinski definition) is 2. The van der Waals surface area contributed by atoms with E-state index in [1.165, 1.54) is 19.1 Å². The van der Waals surface area contributed by atoms with Crippen molar-refractivity contribution in [2.45, 2.75) is 25.9 Å². The number of carbonyl (C=O) groups excluding carboxylic acids is 2. The molecule has 0 aromatic heterocycles. The summed E-state index contributed by atoms with van der Waals surface area (Å²) in [6.07, 6.45) is 0.502. The van der Waals surface area contributed by atoms with Crippen LogP contribution in [0.2, 0.25) is 0 Å². The Bertz CT molecular complexity index is 550. The van der Waals surface area contributed by atoms with Gasteiger partial charge in [-0.3, -0.25) is 9.59 Å². The monoisotopic (exact) mass is 308 g/mol.